The largest absolute Gasteiger partial charge is 0.491 e. The Morgan fingerprint density at radius 1 is 1.11 bits per heavy atom. The Balaban J connectivity index is 1.18. The zero-order valence-corrected chi connectivity index (χ0v) is 19.6. The molecule has 0 aliphatic carbocycles. The number of nitrogens with zero attached hydrogens (tertiary/aromatic N) is 3. The van der Waals surface area contributed by atoms with Crippen LogP contribution in [0, 0.1) is 23.2 Å². The Hall–Kier alpha value is -2.94. The Kier molecular flexibility index (Phi) is 7.74. The minimum atomic E-state index is -4.35. The first-order chi connectivity index (χ1) is 16.7. The number of nitrogens with one attached hydrogen (secondary N) is 1. The number of ether oxygens (including phenoxy) is 1. The van der Waals surface area contributed by atoms with E-state index < -0.39 is 11.6 Å². The second kappa shape index (κ2) is 10.8. The number of likely N-dealkylation sites (tertiary alicyclic amines) is 2. The molecule has 2 unspecified atom stereocenters. The number of hydrogen-bond donors (Lipinski definition) is 2. The fourth-order valence-electron chi connectivity index (χ4n) is 4.52. The summed E-state index contributed by atoms with van der Waals surface area (Å²) in [4.78, 5) is 16.6. The molecule has 2 heterocycles. The van der Waals surface area contributed by atoms with Crippen LogP contribution in [0.15, 0.2) is 53.4 Å². The number of anilines is 1. The molecule has 2 N–H and O–H groups in total. The summed E-state index contributed by atoms with van der Waals surface area (Å²) in [6.07, 6.45) is -0.664. The lowest BCUT2D eigenvalue weighted by Gasteiger charge is -2.24. The molecular formula is C24H25F3N4O3S. The Bertz CT molecular complexity index is 1050. The van der Waals surface area contributed by atoms with Gasteiger partial charge in [-0.25, -0.2) is 4.79 Å². The summed E-state index contributed by atoms with van der Waals surface area (Å²) in [6, 6.07) is 14.1. The highest BCUT2D eigenvalue weighted by Crippen LogP contribution is 2.37. The van der Waals surface area contributed by atoms with Crippen molar-refractivity contribution in [3.8, 4) is 11.8 Å². The monoisotopic (exact) mass is 506 g/mol. The van der Waals surface area contributed by atoms with E-state index in [9.17, 15) is 23.1 Å². The molecule has 2 aromatic carbocycles. The van der Waals surface area contributed by atoms with Crippen molar-refractivity contribution < 1.29 is 27.8 Å². The van der Waals surface area contributed by atoms with Crippen LogP contribution in [0.3, 0.4) is 0 Å². The van der Waals surface area contributed by atoms with Crippen LogP contribution in [0.1, 0.15) is 5.56 Å². The number of β-amino-alcohol motifs (C(OH)–C–C–N with tert-alkyl or cyclic N) is 1. The molecule has 2 aromatic rings. The quantitative estimate of drug-likeness (QED) is 0.552. The van der Waals surface area contributed by atoms with Crippen molar-refractivity contribution in [2.24, 2.45) is 11.8 Å². The van der Waals surface area contributed by atoms with Gasteiger partial charge in [-0.05, 0) is 72.1 Å². The molecule has 2 saturated heterocycles. The first-order valence-corrected chi connectivity index (χ1v) is 12.0. The number of benzene rings is 2. The number of urea groups is 1. The van der Waals surface area contributed by atoms with Gasteiger partial charge in [-0.1, -0.05) is 0 Å². The van der Waals surface area contributed by atoms with Crippen LogP contribution in [0.4, 0.5) is 23.7 Å². The van der Waals surface area contributed by atoms with E-state index >= 15 is 0 Å². The molecule has 186 valence electrons. The molecule has 35 heavy (non-hydrogen) atoms. The van der Waals surface area contributed by atoms with Crippen molar-refractivity contribution in [3.63, 3.8) is 0 Å². The van der Waals surface area contributed by atoms with Gasteiger partial charge >= 0.3 is 11.5 Å². The molecule has 0 radical (unpaired) electrons. The molecule has 0 bridgehead atoms. The SMILES string of the molecule is N#Cc1ccc(OC[C@@H](O)CN2CC3CN(C(=O)Nc4ccc(SC(F)(F)F)cc4)CC3C2)cc1. The fraction of sp³-hybridized carbons (Fsp3) is 0.417. The molecule has 2 fully saturated rings. The van der Waals surface area contributed by atoms with Crippen LogP contribution in [0.5, 0.6) is 5.75 Å². The number of aliphatic hydroxyl groups excluding tert-OH is 1. The predicted molar refractivity (Wildman–Crippen MR) is 125 cm³/mol. The number of aliphatic hydroxyl groups is 1. The van der Waals surface area contributed by atoms with Gasteiger partial charge in [0.2, 0.25) is 0 Å². The van der Waals surface area contributed by atoms with Crippen molar-refractivity contribution in [3.05, 3.63) is 54.1 Å². The number of nitriles is 1. The molecule has 11 heteroatoms. The van der Waals surface area contributed by atoms with Gasteiger partial charge in [-0.15, -0.1) is 0 Å². The number of carbonyl (C=O) groups excluding carboxylic acids is 1. The topological polar surface area (TPSA) is 88.8 Å². The Labute approximate surface area is 205 Å². The molecule has 7 nitrogen and oxygen atoms in total. The average Bonchev–Trinajstić information content (AvgIpc) is 3.37. The van der Waals surface area contributed by atoms with E-state index in [1.165, 1.54) is 24.3 Å². The third-order valence-electron chi connectivity index (χ3n) is 6.08. The summed E-state index contributed by atoms with van der Waals surface area (Å²) in [5.41, 5.74) is -3.35. The lowest BCUT2D eigenvalue weighted by molar-refractivity contribution is -0.0328. The van der Waals surface area contributed by atoms with E-state index in [1.54, 1.807) is 29.2 Å². The van der Waals surface area contributed by atoms with E-state index in [0.29, 0.717) is 48.5 Å². The van der Waals surface area contributed by atoms with Crippen molar-refractivity contribution in [1.29, 1.82) is 5.26 Å². The highest BCUT2D eigenvalue weighted by Gasteiger charge is 2.41. The van der Waals surface area contributed by atoms with Gasteiger partial charge in [0, 0.05) is 43.3 Å². The minimum Gasteiger partial charge on any atom is -0.491 e. The highest BCUT2D eigenvalue weighted by molar-refractivity contribution is 8.00. The summed E-state index contributed by atoms with van der Waals surface area (Å²) >= 11 is -0.192. The van der Waals surface area contributed by atoms with Gasteiger partial charge in [0.15, 0.2) is 0 Å². The predicted octanol–water partition coefficient (Wildman–Crippen LogP) is 4.01. The summed E-state index contributed by atoms with van der Waals surface area (Å²) in [5.74, 6) is 1.20. The first kappa shape index (κ1) is 25.2. The number of alkyl halides is 3. The van der Waals surface area contributed by atoms with Crippen molar-refractivity contribution in [1.82, 2.24) is 9.80 Å². The van der Waals surface area contributed by atoms with E-state index in [-0.39, 0.29) is 29.3 Å². The van der Waals surface area contributed by atoms with Gasteiger partial charge in [0.05, 0.1) is 11.6 Å². The summed E-state index contributed by atoms with van der Waals surface area (Å²) < 4.78 is 43.0. The number of hydrogen-bond acceptors (Lipinski definition) is 6. The molecule has 3 atom stereocenters. The molecule has 0 spiro atoms. The number of carbonyl (C=O) groups is 1. The lowest BCUT2D eigenvalue weighted by atomic mass is 10.0. The lowest BCUT2D eigenvalue weighted by Crippen LogP contribution is -2.39. The van der Waals surface area contributed by atoms with Crippen molar-refractivity contribution >= 4 is 23.5 Å². The van der Waals surface area contributed by atoms with Gasteiger partial charge in [0.25, 0.3) is 0 Å². The van der Waals surface area contributed by atoms with Gasteiger partial charge in [-0.3, -0.25) is 4.90 Å². The molecule has 2 amide bonds. The Morgan fingerprint density at radius 3 is 2.31 bits per heavy atom. The van der Waals surface area contributed by atoms with Gasteiger partial charge in [-0.2, -0.15) is 18.4 Å². The van der Waals surface area contributed by atoms with E-state index in [0.717, 1.165) is 13.1 Å². The van der Waals surface area contributed by atoms with Crippen LogP contribution in [-0.4, -0.2) is 71.9 Å². The molecule has 2 aliphatic rings. The first-order valence-electron chi connectivity index (χ1n) is 11.1. The summed E-state index contributed by atoms with van der Waals surface area (Å²) in [5, 5.41) is 22.0. The van der Waals surface area contributed by atoms with E-state index in [1.807, 2.05) is 6.07 Å². The van der Waals surface area contributed by atoms with Crippen molar-refractivity contribution in [2.45, 2.75) is 16.5 Å². The standard InChI is InChI=1S/C24H25F3N4O3S/c25-24(26,27)35-22-7-3-19(4-8-22)29-23(33)31-12-17-10-30(11-18(17)13-31)14-20(32)15-34-21-5-1-16(9-28)2-6-21/h1-8,17-18,20,32H,10-15H2,(H,29,33)/t17?,18?,20-/m0/s1. The number of rotatable bonds is 7. The second-order valence-corrected chi connectivity index (χ2v) is 9.89. The van der Waals surface area contributed by atoms with Crippen LogP contribution in [0.2, 0.25) is 0 Å². The van der Waals surface area contributed by atoms with Crippen LogP contribution in [0.25, 0.3) is 0 Å². The number of fused-ring (bicyclic) bond motifs is 1. The van der Waals surface area contributed by atoms with Crippen LogP contribution in [-0.2, 0) is 0 Å². The maximum absolute atomic E-state index is 12.6. The van der Waals surface area contributed by atoms with E-state index in [4.69, 9.17) is 10.00 Å². The zero-order chi connectivity index (χ0) is 25.0. The van der Waals surface area contributed by atoms with Gasteiger partial charge in [0.1, 0.15) is 18.5 Å². The Morgan fingerprint density at radius 2 is 1.74 bits per heavy atom. The summed E-state index contributed by atoms with van der Waals surface area (Å²) in [7, 11) is 0. The summed E-state index contributed by atoms with van der Waals surface area (Å²) in [6.45, 7) is 3.33. The highest BCUT2D eigenvalue weighted by atomic mass is 32.2. The third kappa shape index (κ3) is 7.04. The van der Waals surface area contributed by atoms with Crippen molar-refractivity contribution in [2.75, 3.05) is 44.6 Å². The van der Waals surface area contributed by atoms with Gasteiger partial charge < -0.3 is 20.1 Å². The second-order valence-electron chi connectivity index (χ2n) is 8.75. The number of halogens is 3. The normalized spacial score (nSPS) is 20.8. The fourth-order valence-corrected chi connectivity index (χ4v) is 5.06. The maximum atomic E-state index is 12.6. The molecule has 2 aliphatic heterocycles. The third-order valence-corrected chi connectivity index (χ3v) is 6.82. The molecular weight excluding hydrogens is 481 g/mol. The molecule has 4 rings (SSSR count). The number of amides is 2. The molecule has 0 saturated carbocycles. The maximum Gasteiger partial charge on any atom is 0.446 e. The minimum absolute atomic E-state index is 0.0655. The number of thioether (sulfide) groups is 1. The molecule has 0 aromatic heterocycles. The average molecular weight is 507 g/mol. The van der Waals surface area contributed by atoms with Crippen LogP contribution >= 0.6 is 11.8 Å². The smallest absolute Gasteiger partial charge is 0.446 e. The zero-order valence-electron chi connectivity index (χ0n) is 18.7. The van der Waals surface area contributed by atoms with E-state index in [2.05, 4.69) is 10.2 Å². The van der Waals surface area contributed by atoms with Crippen LogP contribution < -0.4 is 10.1 Å².